The minimum Gasteiger partial charge on any atom is -0.475 e. The van der Waals surface area contributed by atoms with E-state index in [9.17, 15) is 52.7 Å². The van der Waals surface area contributed by atoms with Crippen LogP contribution in [0.4, 0.5) is 64.6 Å². The number of hydrogen-bond donors (Lipinski definition) is 4. The van der Waals surface area contributed by atoms with E-state index in [0.717, 1.165) is 50.9 Å². The van der Waals surface area contributed by atoms with Gasteiger partial charge in [0.05, 0.1) is 11.8 Å². The lowest BCUT2D eigenvalue weighted by Crippen LogP contribution is -2.55. The molecule has 54 heavy (non-hydrogen) atoms. The molecular formula is C30H30F12N6O6. The summed E-state index contributed by atoms with van der Waals surface area (Å²) in [5, 5.41) is 21.3. The maximum Gasteiger partial charge on any atom is 0.573 e. The number of piperidine rings is 1. The van der Waals surface area contributed by atoms with Gasteiger partial charge in [0, 0.05) is 49.2 Å². The predicted molar refractivity (Wildman–Crippen MR) is 161 cm³/mol. The highest BCUT2D eigenvalue weighted by atomic mass is 19.4. The molecule has 1 saturated heterocycles. The van der Waals surface area contributed by atoms with Crippen molar-refractivity contribution >= 4 is 23.9 Å². The van der Waals surface area contributed by atoms with Crippen LogP contribution in [0.1, 0.15) is 44.1 Å². The zero-order valence-corrected chi connectivity index (χ0v) is 27.3. The average molecular weight is 799 g/mol. The lowest BCUT2D eigenvalue weighted by atomic mass is 9.89. The van der Waals surface area contributed by atoms with Crippen molar-refractivity contribution in [3.05, 3.63) is 48.4 Å². The molecule has 2 aliphatic rings. The molecule has 0 spiro atoms. The summed E-state index contributed by atoms with van der Waals surface area (Å²) in [7, 11) is 0. The van der Waals surface area contributed by atoms with Crippen molar-refractivity contribution in [1.82, 2.24) is 20.3 Å². The Hall–Kier alpha value is -5.03. The molecule has 1 aliphatic heterocycles. The van der Waals surface area contributed by atoms with Crippen molar-refractivity contribution in [1.29, 1.82) is 0 Å². The van der Waals surface area contributed by atoms with Gasteiger partial charge in [-0.05, 0) is 49.9 Å². The van der Waals surface area contributed by atoms with Gasteiger partial charge < -0.3 is 34.9 Å². The number of aliphatic carboxylic acids is 2. The van der Waals surface area contributed by atoms with E-state index in [1.807, 2.05) is 4.90 Å². The van der Waals surface area contributed by atoms with Gasteiger partial charge in [-0.1, -0.05) is 12.8 Å². The summed E-state index contributed by atoms with van der Waals surface area (Å²) >= 11 is 0. The lowest BCUT2D eigenvalue weighted by Gasteiger charge is -2.39. The van der Waals surface area contributed by atoms with Crippen molar-refractivity contribution in [2.24, 2.45) is 0 Å². The molecule has 0 bridgehead atoms. The molecule has 3 heterocycles. The second-order valence-electron chi connectivity index (χ2n) is 11.6. The van der Waals surface area contributed by atoms with Crippen molar-refractivity contribution in [3.63, 3.8) is 0 Å². The minimum atomic E-state index is -5.08. The second-order valence-corrected chi connectivity index (χ2v) is 11.6. The number of carboxylic acids is 2. The third-order valence-corrected chi connectivity index (χ3v) is 7.56. The molecule has 24 heteroatoms. The van der Waals surface area contributed by atoms with Crippen LogP contribution in [-0.2, 0) is 15.8 Å². The lowest BCUT2D eigenvalue weighted by molar-refractivity contribution is -0.274. The van der Waals surface area contributed by atoms with Crippen molar-refractivity contribution in [2.45, 2.75) is 81.5 Å². The number of oxazole rings is 1. The summed E-state index contributed by atoms with van der Waals surface area (Å²) in [5.41, 5.74) is -0.317. The number of nitrogens with zero attached hydrogens (tertiary/aromatic N) is 4. The van der Waals surface area contributed by atoms with Crippen molar-refractivity contribution in [2.75, 3.05) is 23.3 Å². The van der Waals surface area contributed by atoms with Crippen LogP contribution in [-0.4, -0.2) is 87.0 Å². The fourth-order valence-corrected chi connectivity index (χ4v) is 5.19. The van der Waals surface area contributed by atoms with Gasteiger partial charge in [0.15, 0.2) is 5.76 Å². The number of nitrogens with one attached hydrogen (secondary N) is 2. The number of hydrogen-bond acceptors (Lipinski definition) is 10. The molecule has 2 aromatic heterocycles. The monoisotopic (exact) mass is 798 g/mol. The first-order valence-corrected chi connectivity index (χ1v) is 15.5. The fourth-order valence-electron chi connectivity index (χ4n) is 5.19. The number of anilines is 2. The van der Waals surface area contributed by atoms with Crippen LogP contribution in [0.3, 0.4) is 0 Å². The van der Waals surface area contributed by atoms with Gasteiger partial charge in [0.1, 0.15) is 5.75 Å². The minimum absolute atomic E-state index is 0.0282. The molecule has 5 rings (SSSR count). The van der Waals surface area contributed by atoms with E-state index < -0.39 is 42.4 Å². The average Bonchev–Trinajstić information content (AvgIpc) is 3.53. The number of benzene rings is 1. The molecule has 1 saturated carbocycles. The number of rotatable bonds is 7. The molecule has 12 nitrogen and oxygen atoms in total. The highest BCUT2D eigenvalue weighted by Crippen LogP contribution is 2.31. The first kappa shape index (κ1) is 43.4. The summed E-state index contributed by atoms with van der Waals surface area (Å²) in [6.45, 7) is 1.24. The van der Waals surface area contributed by atoms with Crippen LogP contribution in [0, 0.1) is 0 Å². The van der Waals surface area contributed by atoms with Crippen LogP contribution in [0.5, 0.6) is 5.75 Å². The second kappa shape index (κ2) is 17.9. The summed E-state index contributed by atoms with van der Waals surface area (Å²) in [4.78, 5) is 31.9. The van der Waals surface area contributed by atoms with Crippen LogP contribution < -0.4 is 20.3 Å². The van der Waals surface area contributed by atoms with E-state index in [4.69, 9.17) is 24.2 Å². The maximum absolute atomic E-state index is 12.9. The molecule has 0 radical (unpaired) electrons. The van der Waals surface area contributed by atoms with Crippen molar-refractivity contribution in [3.8, 4) is 17.1 Å². The number of carboxylic acid groups (broad SMARTS) is 2. The van der Waals surface area contributed by atoms with Gasteiger partial charge in [-0.2, -0.15) is 39.5 Å². The first-order valence-electron chi connectivity index (χ1n) is 15.5. The molecule has 0 amide bonds. The fraction of sp³-hybridized carbons (Fsp3) is 0.500. The van der Waals surface area contributed by atoms with Crippen LogP contribution >= 0.6 is 0 Å². The van der Waals surface area contributed by atoms with Crippen LogP contribution in [0.2, 0.25) is 0 Å². The number of halogens is 12. The Morgan fingerprint density at radius 1 is 0.759 bits per heavy atom. The van der Waals surface area contributed by atoms with E-state index in [-0.39, 0.29) is 29.8 Å². The normalized spacial score (nSPS) is 19.4. The standard InChI is InChI=1S/C26H28F6N6O2.2C2HF3O2/c27-25(28,29)17-12-33-23(34-13-17)38-11-3-4-18(15-38)36-20-5-1-2-6-21(20)37-24-35-14-22(39-24)16-7-9-19(10-8-16)40-26(30,31)32;2*3-2(4,5)1(6)7/h7-10,12-14,18,20-21,36H,1-6,11,15H2,(H,35,37);2*(H,6,7)/t18-,20+,21+;;/m0../s1. The van der Waals surface area contributed by atoms with E-state index in [1.165, 1.54) is 30.5 Å². The molecule has 1 aromatic carbocycles. The number of aromatic nitrogens is 3. The highest BCUT2D eigenvalue weighted by molar-refractivity contribution is 5.73. The van der Waals surface area contributed by atoms with E-state index >= 15 is 0 Å². The summed E-state index contributed by atoms with van der Waals surface area (Å²) < 4.78 is 149. The van der Waals surface area contributed by atoms with Gasteiger partial charge in [0.25, 0.3) is 6.01 Å². The largest absolute Gasteiger partial charge is 0.573 e. The van der Waals surface area contributed by atoms with Gasteiger partial charge >= 0.3 is 36.8 Å². The Labute approximate surface area is 296 Å². The molecule has 0 unspecified atom stereocenters. The molecule has 2 fully saturated rings. The smallest absolute Gasteiger partial charge is 0.475 e. The van der Waals surface area contributed by atoms with E-state index in [0.29, 0.717) is 30.4 Å². The van der Waals surface area contributed by atoms with Gasteiger partial charge in [-0.15, -0.1) is 13.2 Å². The Morgan fingerprint density at radius 2 is 1.30 bits per heavy atom. The zero-order valence-electron chi connectivity index (χ0n) is 27.3. The summed E-state index contributed by atoms with van der Waals surface area (Å²) in [6.07, 6.45) is -10.6. The number of alkyl halides is 12. The predicted octanol–water partition coefficient (Wildman–Crippen LogP) is 7.30. The number of ether oxygens (including phenoxy) is 1. The maximum atomic E-state index is 12.9. The highest BCUT2D eigenvalue weighted by Gasteiger charge is 2.39. The Kier molecular flexibility index (Phi) is 14.3. The Morgan fingerprint density at radius 3 is 1.80 bits per heavy atom. The third kappa shape index (κ3) is 14.1. The van der Waals surface area contributed by atoms with E-state index in [1.54, 1.807) is 0 Å². The molecular weight excluding hydrogens is 768 g/mol. The summed E-state index contributed by atoms with van der Waals surface area (Å²) in [6, 6.07) is 5.90. The zero-order chi connectivity index (χ0) is 40.5. The molecule has 4 N–H and O–H groups in total. The quantitative estimate of drug-likeness (QED) is 0.177. The van der Waals surface area contributed by atoms with Gasteiger partial charge in [-0.25, -0.2) is 24.5 Å². The molecule has 3 atom stereocenters. The van der Waals surface area contributed by atoms with Gasteiger partial charge in [-0.3, -0.25) is 0 Å². The first-order chi connectivity index (χ1) is 24.9. The Balaban J connectivity index is 0.000000476. The van der Waals surface area contributed by atoms with Gasteiger partial charge in [0.2, 0.25) is 5.95 Å². The van der Waals surface area contributed by atoms with E-state index in [2.05, 4.69) is 30.3 Å². The molecule has 3 aromatic rings. The third-order valence-electron chi connectivity index (χ3n) is 7.56. The topological polar surface area (TPSA) is 163 Å². The molecule has 1 aliphatic carbocycles. The van der Waals surface area contributed by atoms with Crippen LogP contribution in [0.25, 0.3) is 11.3 Å². The SMILES string of the molecule is FC(F)(F)Oc1ccc(-c2cnc(N[C@@H]3CCCC[C@H]3N[C@H]3CCCN(c4ncc(C(F)(F)F)cn4)C3)o2)cc1.O=C(O)C(F)(F)F.O=C(O)C(F)(F)F. The molecule has 300 valence electrons. The number of carbonyl (C=O) groups is 2. The Bertz CT molecular complexity index is 1620. The van der Waals surface area contributed by atoms with Crippen LogP contribution in [0.15, 0.2) is 47.3 Å². The summed E-state index contributed by atoms with van der Waals surface area (Å²) in [5.74, 6) is -5.15. The van der Waals surface area contributed by atoms with Crippen molar-refractivity contribution < 1.29 is 81.6 Å².